The zero-order valence-electron chi connectivity index (χ0n) is 42.8. The first-order valence-electron chi connectivity index (χ1n) is 21.2. The molecule has 0 amide bonds. The van der Waals surface area contributed by atoms with Crippen molar-refractivity contribution >= 4 is 0 Å². The van der Waals surface area contributed by atoms with Gasteiger partial charge in [-0.15, -0.1) is 0 Å². The predicted molar refractivity (Wildman–Crippen MR) is 260 cm³/mol. The van der Waals surface area contributed by atoms with Gasteiger partial charge in [-0.25, -0.2) is 44.9 Å². The Morgan fingerprint density at radius 3 is 0.806 bits per heavy atom. The topological polar surface area (TPSA) is 245 Å². The molecule has 8 aromatic heterocycles. The van der Waals surface area contributed by atoms with Crippen molar-refractivity contribution < 1.29 is 0 Å². The highest BCUT2D eigenvalue weighted by atomic mass is 15.0. The van der Waals surface area contributed by atoms with E-state index < -0.39 is 0 Å². The lowest BCUT2D eigenvalue weighted by molar-refractivity contribution is 0.875. The Morgan fingerprint density at radius 1 is 0.209 bits per heavy atom. The van der Waals surface area contributed by atoms with Gasteiger partial charge >= 0.3 is 0 Å². The number of aryl methyl sites for hydroxylation is 19. The molecule has 19 nitrogen and oxygen atoms in total. The van der Waals surface area contributed by atoms with Crippen molar-refractivity contribution in [2.24, 2.45) is 0 Å². The van der Waals surface area contributed by atoms with E-state index in [-0.39, 0.29) is 0 Å². The van der Waals surface area contributed by atoms with E-state index in [1.807, 2.05) is 132 Å². The Hall–Kier alpha value is -7.57. The molecule has 0 aliphatic heterocycles. The van der Waals surface area contributed by atoms with Gasteiger partial charge in [-0.05, 0) is 132 Å². The normalized spacial score (nSPS) is 9.42. The summed E-state index contributed by atoms with van der Waals surface area (Å²) in [5.74, 6) is 4.69. The number of hydrogen-bond acceptors (Lipinski definition) is 19. The molecule has 19 heteroatoms. The quantitative estimate of drug-likeness (QED) is 0.140. The van der Waals surface area contributed by atoms with Crippen molar-refractivity contribution in [3.63, 3.8) is 0 Å². The Morgan fingerprint density at radius 2 is 0.537 bits per heavy atom. The van der Waals surface area contributed by atoms with E-state index in [1.165, 1.54) is 19.0 Å². The van der Waals surface area contributed by atoms with Gasteiger partial charge in [0.25, 0.3) is 0 Å². The summed E-state index contributed by atoms with van der Waals surface area (Å²) < 4.78 is 0. The molecular formula is C48H67N19. The van der Waals surface area contributed by atoms with E-state index >= 15 is 0 Å². The van der Waals surface area contributed by atoms with Gasteiger partial charge in [0.1, 0.15) is 53.9 Å². The van der Waals surface area contributed by atoms with Crippen molar-refractivity contribution in [3.05, 3.63) is 171 Å². The van der Waals surface area contributed by atoms with E-state index in [2.05, 4.69) is 94.7 Å². The maximum atomic E-state index is 4.31. The maximum absolute atomic E-state index is 4.31. The van der Waals surface area contributed by atoms with Crippen LogP contribution in [0.2, 0.25) is 0 Å². The fraction of sp³-hybridized carbons (Fsp3) is 0.396. The number of nitrogens with zero attached hydrogens (tertiary/aromatic N) is 19. The highest BCUT2D eigenvalue weighted by Crippen LogP contribution is 2.04. The first-order valence-corrected chi connectivity index (χ1v) is 21.2. The fourth-order valence-electron chi connectivity index (χ4n) is 4.57. The number of aromatic nitrogens is 19. The van der Waals surface area contributed by atoms with Crippen LogP contribution in [0.4, 0.5) is 0 Å². The second-order valence-electron chi connectivity index (χ2n) is 14.8. The van der Waals surface area contributed by atoms with Crippen LogP contribution in [0.5, 0.6) is 0 Å². The van der Waals surface area contributed by atoms with Crippen molar-refractivity contribution in [2.45, 2.75) is 132 Å². The summed E-state index contributed by atoms with van der Waals surface area (Å²) in [4.78, 5) is 75.8. The van der Waals surface area contributed by atoms with Crippen LogP contribution in [0.15, 0.2) is 62.4 Å². The fourth-order valence-corrected chi connectivity index (χ4v) is 4.57. The second-order valence-corrected chi connectivity index (χ2v) is 14.8. The smallest absolute Gasteiger partial charge is 0.129 e. The third kappa shape index (κ3) is 27.4. The monoisotopic (exact) mass is 910 g/mol. The minimum absolute atomic E-state index is 0.759. The van der Waals surface area contributed by atoms with E-state index in [4.69, 9.17) is 0 Å². The Kier molecular flexibility index (Phi) is 26.9. The lowest BCUT2D eigenvalue weighted by Gasteiger charge is -2.01. The molecule has 0 saturated heterocycles. The average molecular weight is 910 g/mol. The van der Waals surface area contributed by atoms with Crippen LogP contribution < -0.4 is 0 Å². The van der Waals surface area contributed by atoms with Crippen LogP contribution in [0.1, 0.15) is 109 Å². The molecule has 0 radical (unpaired) electrons. The van der Waals surface area contributed by atoms with E-state index in [9.17, 15) is 0 Å². The molecule has 0 aromatic carbocycles. The van der Waals surface area contributed by atoms with Crippen LogP contribution in [0.25, 0.3) is 0 Å². The molecule has 354 valence electrons. The van der Waals surface area contributed by atoms with Crippen LogP contribution in [-0.4, -0.2) is 94.7 Å². The van der Waals surface area contributed by atoms with Gasteiger partial charge in [0.2, 0.25) is 0 Å². The molecule has 0 unspecified atom stereocenters. The van der Waals surface area contributed by atoms with Gasteiger partial charge in [0.15, 0.2) is 0 Å². The molecular weight excluding hydrogens is 843 g/mol. The Labute approximate surface area is 396 Å². The average Bonchev–Trinajstić information content (AvgIpc) is 3.25. The Bertz CT molecular complexity index is 2420. The van der Waals surface area contributed by atoms with E-state index in [1.54, 1.807) is 43.4 Å². The van der Waals surface area contributed by atoms with Gasteiger partial charge < -0.3 is 0 Å². The minimum Gasteiger partial charge on any atom is -0.261 e. The predicted octanol–water partition coefficient (Wildman–Crippen LogP) is 7.86. The van der Waals surface area contributed by atoms with Gasteiger partial charge in [-0.3, -0.25) is 49.8 Å². The number of rotatable bonds is 0. The molecule has 8 heterocycles. The van der Waals surface area contributed by atoms with Gasteiger partial charge in [-0.1, -0.05) is 0 Å². The molecule has 8 rings (SSSR count). The standard InChI is InChI=1S/C8H12N2.C7H10N2.C6H9N3.3C6H8N2.C5H7N3.C4H5N3/c1-5-6(2)10-8(4)7(3)9-5;1-5-4-8-6(2)7(3)9-5;1-4-7-5(2)9-6(3)8-4;1-5-3-8-6(2)4-7-5;1-5-3-7-4-6(2)8-5;1-5-6(2)8-4-3-7-5;1-4-6-3-7-5(2)8-4;1-4-6-2-5-3-7-4/h1-4H3;4H,1-3H3;1-3H3;3*3-4H,1-2H3;3H,1-2H3;2-3H,1H3. The SMILES string of the molecule is Cc1cnc(C)c(C)n1.Cc1cnc(C)cn1.Cc1cncc(C)n1.Cc1nc(C)c(C)nc1C.Cc1nc(C)nc(C)n1.Cc1nccnc1C.Cc1ncnc(C)n1.Cc1ncncn1. The summed E-state index contributed by atoms with van der Waals surface area (Å²) in [5.41, 5.74) is 13.0. The summed E-state index contributed by atoms with van der Waals surface area (Å²) >= 11 is 0. The van der Waals surface area contributed by atoms with Crippen molar-refractivity contribution in [3.8, 4) is 0 Å². The molecule has 0 saturated carbocycles. The summed E-state index contributed by atoms with van der Waals surface area (Å²) in [6.07, 6.45) is 16.6. The summed E-state index contributed by atoms with van der Waals surface area (Å²) in [6.45, 7) is 36.5. The van der Waals surface area contributed by atoms with Crippen LogP contribution in [0, 0.1) is 132 Å². The third-order valence-electron chi connectivity index (χ3n) is 8.35. The zero-order chi connectivity index (χ0) is 50.5. The zero-order valence-corrected chi connectivity index (χ0v) is 42.8. The van der Waals surface area contributed by atoms with Crippen LogP contribution in [0.3, 0.4) is 0 Å². The van der Waals surface area contributed by atoms with Crippen molar-refractivity contribution in [1.82, 2.24) is 94.7 Å². The summed E-state index contributed by atoms with van der Waals surface area (Å²) in [5, 5.41) is 0. The molecule has 0 bridgehead atoms. The molecule has 0 aliphatic rings. The summed E-state index contributed by atoms with van der Waals surface area (Å²) in [7, 11) is 0. The van der Waals surface area contributed by atoms with Gasteiger partial charge in [-0.2, -0.15) is 0 Å². The lowest BCUT2D eigenvalue weighted by Crippen LogP contribution is -1.97. The van der Waals surface area contributed by atoms with Gasteiger partial charge in [0, 0.05) is 43.4 Å². The molecule has 67 heavy (non-hydrogen) atoms. The molecule has 0 N–H and O–H groups in total. The highest BCUT2D eigenvalue weighted by Gasteiger charge is 1.99. The first-order chi connectivity index (χ1) is 31.6. The van der Waals surface area contributed by atoms with E-state index in [0.717, 1.165) is 109 Å². The molecule has 8 aromatic rings. The van der Waals surface area contributed by atoms with Crippen LogP contribution in [-0.2, 0) is 0 Å². The van der Waals surface area contributed by atoms with E-state index in [0.29, 0.717) is 0 Å². The summed E-state index contributed by atoms with van der Waals surface area (Å²) in [6, 6.07) is 0. The highest BCUT2D eigenvalue weighted by molar-refractivity contribution is 5.16. The minimum atomic E-state index is 0.759. The lowest BCUT2D eigenvalue weighted by atomic mass is 10.3. The van der Waals surface area contributed by atoms with Crippen molar-refractivity contribution in [2.75, 3.05) is 0 Å². The molecule has 0 spiro atoms. The molecule has 0 fully saturated rings. The molecule has 0 atom stereocenters. The van der Waals surface area contributed by atoms with Crippen molar-refractivity contribution in [1.29, 1.82) is 0 Å². The maximum Gasteiger partial charge on any atom is 0.129 e. The van der Waals surface area contributed by atoms with Crippen LogP contribution >= 0.6 is 0 Å². The molecule has 0 aliphatic carbocycles. The Balaban J connectivity index is 0.000000384. The number of hydrogen-bond donors (Lipinski definition) is 0. The largest absolute Gasteiger partial charge is 0.261 e. The third-order valence-corrected chi connectivity index (χ3v) is 8.35. The van der Waals surface area contributed by atoms with Gasteiger partial charge in [0.05, 0.1) is 74.0 Å². The first kappa shape index (κ1) is 57.4. The second kappa shape index (κ2) is 31.3.